The molecule has 57 heavy (non-hydrogen) atoms. The molecule has 4 saturated heterocycles. The predicted octanol–water partition coefficient (Wildman–Crippen LogP) is 6.73. The topological polar surface area (TPSA) is 118 Å². The van der Waals surface area contributed by atoms with Gasteiger partial charge in [0.2, 0.25) is 0 Å². The molecule has 0 aromatic carbocycles. The lowest BCUT2D eigenvalue weighted by atomic mass is 9.78. The molecule has 0 saturated carbocycles. The van der Waals surface area contributed by atoms with Crippen LogP contribution in [0.3, 0.4) is 0 Å². The van der Waals surface area contributed by atoms with Gasteiger partial charge in [0, 0.05) is 103 Å². The first-order valence-electron chi connectivity index (χ1n) is 21.1. The van der Waals surface area contributed by atoms with E-state index in [9.17, 15) is 19.2 Å². The van der Waals surface area contributed by atoms with Crippen molar-refractivity contribution in [1.82, 2.24) is 19.6 Å². The molecule has 0 aromatic rings. The molecule has 0 aromatic heterocycles. The highest BCUT2D eigenvalue weighted by Crippen LogP contribution is 2.43. The van der Waals surface area contributed by atoms with E-state index in [0.29, 0.717) is 51.4 Å². The summed E-state index contributed by atoms with van der Waals surface area (Å²) in [7, 11) is 8.10. The summed E-state index contributed by atoms with van der Waals surface area (Å²) in [5.41, 5.74) is -1.70. The molecule has 4 aliphatic rings. The van der Waals surface area contributed by atoms with Crippen LogP contribution in [0.25, 0.3) is 0 Å². The van der Waals surface area contributed by atoms with Crippen LogP contribution in [0, 0.1) is 11.8 Å². The molecule has 0 N–H and O–H groups in total. The Bertz CT molecular complexity index is 1450. The van der Waals surface area contributed by atoms with Gasteiger partial charge in [-0.2, -0.15) is 0 Å². The zero-order valence-electron chi connectivity index (χ0n) is 38.9. The van der Waals surface area contributed by atoms with Crippen molar-refractivity contribution in [1.29, 1.82) is 0 Å². The van der Waals surface area contributed by atoms with E-state index in [2.05, 4.69) is 123 Å². The molecule has 2 atom stereocenters. The van der Waals surface area contributed by atoms with E-state index in [1.54, 1.807) is 0 Å². The number of nitrogens with zero attached hydrogens (tertiary/aromatic N) is 4. The lowest BCUT2D eigenvalue weighted by Crippen LogP contribution is -2.61. The second-order valence-corrected chi connectivity index (χ2v) is 22.3. The summed E-state index contributed by atoms with van der Waals surface area (Å²) in [5.74, 6) is -7.86. The molecular formula is C45H78N4O8. The Balaban J connectivity index is 1.78. The van der Waals surface area contributed by atoms with Gasteiger partial charge in [0.05, 0.1) is 0 Å². The molecule has 4 fully saturated rings. The summed E-state index contributed by atoms with van der Waals surface area (Å²) in [6, 6.07) is 0. The van der Waals surface area contributed by atoms with Crippen molar-refractivity contribution in [3.8, 4) is 0 Å². The van der Waals surface area contributed by atoms with Gasteiger partial charge in [-0.3, -0.25) is 33.9 Å². The van der Waals surface area contributed by atoms with Gasteiger partial charge in [0.1, 0.15) is 24.4 Å². The minimum absolute atomic E-state index is 0.337. The van der Waals surface area contributed by atoms with Crippen molar-refractivity contribution < 1.29 is 38.1 Å². The SMILES string of the molecule is C=C1CC(OC(=O)C(C(=O)OC2CC(C)(C)N(C)C(C)(C)C2)C(C(=O)OC2CC(C)(C)N(C)C(C)(C)C2)C(=O)OC2CC(C)(C)N(C)C(C)(C)C2)CC(C)(C)N1C. The number of carbonyl (C=O) groups excluding carboxylic acids is 4. The monoisotopic (exact) mass is 803 g/mol. The third-order valence-electron chi connectivity index (χ3n) is 14.9. The first-order valence-corrected chi connectivity index (χ1v) is 21.1. The van der Waals surface area contributed by atoms with Crippen LogP contribution in [0.15, 0.2) is 12.3 Å². The largest absolute Gasteiger partial charge is 0.462 e. The molecule has 12 nitrogen and oxygen atoms in total. The van der Waals surface area contributed by atoms with Crippen LogP contribution in [0.1, 0.15) is 148 Å². The Morgan fingerprint density at radius 2 is 0.649 bits per heavy atom. The normalized spacial score (nSPS) is 28.4. The maximum atomic E-state index is 14.8. The third-order valence-corrected chi connectivity index (χ3v) is 14.9. The van der Waals surface area contributed by atoms with Crippen LogP contribution in [0.2, 0.25) is 0 Å². The quantitative estimate of drug-likeness (QED) is 0.140. The lowest BCUT2D eigenvalue weighted by molar-refractivity contribution is -0.194. The number of rotatable bonds is 9. The van der Waals surface area contributed by atoms with Crippen molar-refractivity contribution in [2.45, 2.75) is 211 Å². The van der Waals surface area contributed by atoms with Gasteiger partial charge >= 0.3 is 23.9 Å². The van der Waals surface area contributed by atoms with E-state index in [-0.39, 0.29) is 33.2 Å². The van der Waals surface area contributed by atoms with Gasteiger partial charge in [-0.15, -0.1) is 0 Å². The summed E-state index contributed by atoms with van der Waals surface area (Å²) >= 11 is 0. The van der Waals surface area contributed by atoms with Crippen molar-refractivity contribution in [2.24, 2.45) is 11.8 Å². The van der Waals surface area contributed by atoms with E-state index in [0.717, 1.165) is 5.70 Å². The molecule has 4 aliphatic heterocycles. The Labute approximate surface area is 344 Å². The lowest BCUT2D eigenvalue weighted by Gasteiger charge is -2.53. The molecule has 0 amide bonds. The first-order chi connectivity index (χ1) is 25.6. The molecule has 4 heterocycles. The maximum Gasteiger partial charge on any atom is 0.322 e. The van der Waals surface area contributed by atoms with Crippen molar-refractivity contribution in [3.05, 3.63) is 12.3 Å². The standard InChI is InChI=1S/C45H78N4O8/c1-28-20-29(21-39(2,3)46(28)16)54-35(50)33(36(51)55-30-22-40(4,5)47(17)41(6,7)23-30)34(37(52)56-31-24-42(8,9)48(18)43(10,11)25-31)38(53)57-32-26-44(12,13)49(19)45(14,15)27-32/h29-34H,1,20-27H2,2-19H3. The van der Waals surface area contributed by atoms with Crippen LogP contribution in [0.4, 0.5) is 0 Å². The smallest absolute Gasteiger partial charge is 0.322 e. The molecule has 12 heteroatoms. The van der Waals surface area contributed by atoms with Crippen molar-refractivity contribution in [2.75, 3.05) is 28.2 Å². The number of likely N-dealkylation sites (tertiary alicyclic amines) is 4. The number of ether oxygens (including phenoxy) is 4. The summed E-state index contributed by atoms with van der Waals surface area (Å²) in [6.07, 6.45) is 1.32. The van der Waals surface area contributed by atoms with Crippen molar-refractivity contribution >= 4 is 23.9 Å². The van der Waals surface area contributed by atoms with E-state index < -0.39 is 65.7 Å². The van der Waals surface area contributed by atoms with E-state index in [1.807, 2.05) is 27.9 Å². The van der Waals surface area contributed by atoms with Gasteiger partial charge in [-0.25, -0.2) is 0 Å². The zero-order valence-corrected chi connectivity index (χ0v) is 38.9. The van der Waals surface area contributed by atoms with Crippen LogP contribution in [-0.2, 0) is 38.1 Å². The molecule has 4 rings (SSSR count). The summed E-state index contributed by atoms with van der Waals surface area (Å²) < 4.78 is 25.0. The Hall–Kier alpha value is -2.70. The van der Waals surface area contributed by atoms with E-state index in [4.69, 9.17) is 18.9 Å². The fourth-order valence-electron chi connectivity index (χ4n) is 10.5. The maximum absolute atomic E-state index is 14.8. The minimum atomic E-state index is -1.95. The highest BCUT2D eigenvalue weighted by Gasteiger charge is 2.55. The molecule has 0 spiro atoms. The van der Waals surface area contributed by atoms with E-state index >= 15 is 0 Å². The number of carbonyl (C=O) groups is 4. The second kappa shape index (κ2) is 15.7. The third kappa shape index (κ3) is 10.0. The van der Waals surface area contributed by atoms with Gasteiger partial charge in [0.15, 0.2) is 11.8 Å². The summed E-state index contributed by atoms with van der Waals surface area (Å²) in [4.78, 5) is 68.0. The minimum Gasteiger partial charge on any atom is -0.462 e. The highest BCUT2D eigenvalue weighted by molar-refractivity contribution is 6.07. The first kappa shape index (κ1) is 47.0. The van der Waals surface area contributed by atoms with Crippen LogP contribution >= 0.6 is 0 Å². The van der Waals surface area contributed by atoms with Crippen LogP contribution in [-0.4, -0.2) is 135 Å². The average Bonchev–Trinajstić information content (AvgIpc) is 3.01. The fourth-order valence-corrected chi connectivity index (χ4v) is 10.5. The average molecular weight is 803 g/mol. The Kier molecular flexibility index (Phi) is 13.0. The Morgan fingerprint density at radius 1 is 0.439 bits per heavy atom. The van der Waals surface area contributed by atoms with Crippen molar-refractivity contribution in [3.63, 3.8) is 0 Å². The number of hydrogen-bond donors (Lipinski definition) is 0. The van der Waals surface area contributed by atoms with E-state index in [1.165, 1.54) is 0 Å². The molecule has 0 bridgehead atoms. The highest BCUT2D eigenvalue weighted by atomic mass is 16.6. The second-order valence-electron chi connectivity index (χ2n) is 22.3. The molecule has 0 radical (unpaired) electrons. The fraction of sp³-hybridized carbons (Fsp3) is 0.867. The molecular weight excluding hydrogens is 725 g/mol. The van der Waals surface area contributed by atoms with Crippen LogP contribution in [0.5, 0.6) is 0 Å². The number of esters is 4. The number of piperidine rings is 4. The molecule has 0 aliphatic carbocycles. The molecule has 326 valence electrons. The summed E-state index contributed by atoms with van der Waals surface area (Å²) in [6.45, 7) is 33.3. The molecule has 2 unspecified atom stereocenters. The predicted molar refractivity (Wildman–Crippen MR) is 222 cm³/mol. The van der Waals surface area contributed by atoms with Crippen LogP contribution < -0.4 is 0 Å². The zero-order chi connectivity index (χ0) is 43.6. The number of hydrogen-bond acceptors (Lipinski definition) is 12. The summed E-state index contributed by atoms with van der Waals surface area (Å²) in [5, 5.41) is 0. The van der Waals surface area contributed by atoms with Gasteiger partial charge < -0.3 is 23.8 Å². The van der Waals surface area contributed by atoms with Gasteiger partial charge in [0.25, 0.3) is 0 Å². The Morgan fingerprint density at radius 3 is 0.877 bits per heavy atom. The van der Waals surface area contributed by atoms with Gasteiger partial charge in [-0.05, 0) is 118 Å². The van der Waals surface area contributed by atoms with Gasteiger partial charge in [-0.1, -0.05) is 6.58 Å².